The number of thiazole rings is 1. The molecule has 0 spiro atoms. The number of benzene rings is 2. The third-order valence-corrected chi connectivity index (χ3v) is 7.90. The fourth-order valence-corrected chi connectivity index (χ4v) is 6.03. The molecule has 1 amide bonds. The van der Waals surface area contributed by atoms with Gasteiger partial charge in [-0.25, -0.2) is 4.98 Å². The molecule has 1 aliphatic heterocycles. The number of aromatic nitrogens is 2. The molecular formula is C29H23N3O4S. The SMILES string of the molecule is Cc1nc(-c2ccccc2)sc1C(=O)C1=C(O)C(=O)N(Cc2ccco2)C1c1c(C)[nH]c2ccccc12. The Hall–Kier alpha value is -4.43. The highest BCUT2D eigenvalue weighted by molar-refractivity contribution is 7.17. The Morgan fingerprint density at radius 2 is 1.84 bits per heavy atom. The summed E-state index contributed by atoms with van der Waals surface area (Å²) in [5.41, 5.74) is 3.98. The zero-order chi connectivity index (χ0) is 25.7. The summed E-state index contributed by atoms with van der Waals surface area (Å²) in [5, 5.41) is 12.7. The number of aryl methyl sites for hydroxylation is 2. The number of aromatic amines is 1. The van der Waals surface area contributed by atoms with Gasteiger partial charge in [-0.05, 0) is 32.0 Å². The van der Waals surface area contributed by atoms with Gasteiger partial charge in [0.1, 0.15) is 10.8 Å². The van der Waals surface area contributed by atoms with Crippen LogP contribution in [0.1, 0.15) is 38.4 Å². The second-order valence-electron chi connectivity index (χ2n) is 9.02. The number of nitrogens with zero attached hydrogens (tertiary/aromatic N) is 2. The van der Waals surface area contributed by atoms with Crippen molar-refractivity contribution < 1.29 is 19.1 Å². The van der Waals surface area contributed by atoms with Crippen molar-refractivity contribution in [1.82, 2.24) is 14.9 Å². The quantitative estimate of drug-likeness (QED) is 0.263. The number of hydrogen-bond donors (Lipinski definition) is 2. The zero-order valence-electron chi connectivity index (χ0n) is 20.2. The van der Waals surface area contributed by atoms with Crippen LogP contribution in [0.2, 0.25) is 0 Å². The molecule has 7 nitrogen and oxygen atoms in total. The van der Waals surface area contributed by atoms with Crippen molar-refractivity contribution in [3.05, 3.63) is 112 Å². The molecule has 0 aliphatic carbocycles. The molecule has 4 heterocycles. The molecule has 0 saturated carbocycles. The summed E-state index contributed by atoms with van der Waals surface area (Å²) < 4.78 is 5.52. The first kappa shape index (κ1) is 23.0. The highest BCUT2D eigenvalue weighted by Gasteiger charge is 2.46. The molecule has 184 valence electrons. The number of rotatable bonds is 6. The Kier molecular flexibility index (Phi) is 5.53. The van der Waals surface area contributed by atoms with E-state index in [1.54, 1.807) is 19.1 Å². The maximum absolute atomic E-state index is 14.1. The van der Waals surface area contributed by atoms with Crippen molar-refractivity contribution in [2.24, 2.45) is 0 Å². The average molecular weight is 510 g/mol. The van der Waals surface area contributed by atoms with E-state index in [4.69, 9.17) is 4.42 Å². The number of H-pyrrole nitrogens is 1. The standard InChI is InChI=1S/C29H23N3O4S/c1-16-22(20-12-6-7-13-21(20)30-16)24-23(26(34)29(35)32(24)15-19-11-8-14-36-19)25(33)27-17(2)31-28(37-27)18-9-4-3-5-10-18/h3-14,24,30,34H,15H2,1-2H3. The van der Waals surface area contributed by atoms with Gasteiger partial charge in [0, 0.05) is 27.7 Å². The molecular weight excluding hydrogens is 486 g/mol. The molecule has 3 aromatic heterocycles. The predicted molar refractivity (Wildman–Crippen MR) is 141 cm³/mol. The largest absolute Gasteiger partial charge is 0.503 e. The van der Waals surface area contributed by atoms with E-state index in [0.29, 0.717) is 21.3 Å². The summed E-state index contributed by atoms with van der Waals surface area (Å²) in [4.78, 5) is 37.4. The van der Waals surface area contributed by atoms with Crippen LogP contribution in [0, 0.1) is 13.8 Å². The van der Waals surface area contributed by atoms with Crippen LogP contribution in [-0.4, -0.2) is 31.7 Å². The van der Waals surface area contributed by atoms with Crippen molar-refractivity contribution in [3.63, 3.8) is 0 Å². The van der Waals surface area contributed by atoms with Gasteiger partial charge in [-0.3, -0.25) is 9.59 Å². The highest BCUT2D eigenvalue weighted by atomic mass is 32.1. The third-order valence-electron chi connectivity index (χ3n) is 6.69. The topological polar surface area (TPSA) is 99.4 Å². The van der Waals surface area contributed by atoms with Gasteiger partial charge in [-0.1, -0.05) is 48.5 Å². The van der Waals surface area contributed by atoms with Gasteiger partial charge < -0.3 is 19.4 Å². The maximum Gasteiger partial charge on any atom is 0.290 e. The molecule has 1 unspecified atom stereocenters. The Balaban J connectivity index is 1.50. The fraction of sp³-hybridized carbons (Fsp3) is 0.138. The number of ketones is 1. The van der Waals surface area contributed by atoms with E-state index < -0.39 is 23.5 Å². The Bertz CT molecular complexity index is 1680. The monoisotopic (exact) mass is 509 g/mol. The molecule has 0 fully saturated rings. The van der Waals surface area contributed by atoms with Gasteiger partial charge in [0.25, 0.3) is 5.91 Å². The molecule has 0 bridgehead atoms. The van der Waals surface area contributed by atoms with E-state index in [2.05, 4.69) is 9.97 Å². The Morgan fingerprint density at radius 1 is 1.08 bits per heavy atom. The van der Waals surface area contributed by atoms with Crippen LogP contribution < -0.4 is 0 Å². The first-order chi connectivity index (χ1) is 17.9. The number of fused-ring (bicyclic) bond motifs is 1. The number of nitrogens with one attached hydrogen (secondary N) is 1. The lowest BCUT2D eigenvalue weighted by Crippen LogP contribution is -2.30. The molecule has 1 atom stereocenters. The Morgan fingerprint density at radius 3 is 2.59 bits per heavy atom. The molecule has 1 aliphatic rings. The second kappa shape index (κ2) is 8.90. The fourth-order valence-electron chi connectivity index (χ4n) is 5.00. The van der Waals surface area contributed by atoms with Gasteiger partial charge in [0.15, 0.2) is 5.76 Å². The van der Waals surface area contributed by atoms with Gasteiger partial charge in [0.2, 0.25) is 5.78 Å². The number of amides is 1. The molecule has 6 rings (SSSR count). The van der Waals surface area contributed by atoms with Crippen molar-refractivity contribution in [2.45, 2.75) is 26.4 Å². The van der Waals surface area contributed by atoms with Crippen LogP contribution in [0.3, 0.4) is 0 Å². The van der Waals surface area contributed by atoms with E-state index in [1.807, 2.05) is 61.5 Å². The number of carbonyl (C=O) groups excluding carboxylic acids is 2. The van der Waals surface area contributed by atoms with Crippen LogP contribution in [0.25, 0.3) is 21.5 Å². The van der Waals surface area contributed by atoms with Crippen molar-refractivity contribution >= 4 is 33.9 Å². The van der Waals surface area contributed by atoms with E-state index in [-0.39, 0.29) is 12.1 Å². The number of hydrogen-bond acceptors (Lipinski definition) is 6. The molecule has 2 N–H and O–H groups in total. The van der Waals surface area contributed by atoms with Gasteiger partial charge in [-0.15, -0.1) is 11.3 Å². The van der Waals surface area contributed by atoms with Crippen LogP contribution in [0.4, 0.5) is 0 Å². The summed E-state index contributed by atoms with van der Waals surface area (Å²) in [6.45, 7) is 3.79. The number of aliphatic hydroxyl groups excluding tert-OH is 1. The summed E-state index contributed by atoms with van der Waals surface area (Å²) in [5.74, 6) is -1.00. The second-order valence-corrected chi connectivity index (χ2v) is 10.0. The summed E-state index contributed by atoms with van der Waals surface area (Å²) in [6, 6.07) is 20.1. The van der Waals surface area contributed by atoms with Crippen molar-refractivity contribution in [1.29, 1.82) is 0 Å². The normalized spacial score (nSPS) is 15.8. The van der Waals surface area contributed by atoms with E-state index >= 15 is 0 Å². The lowest BCUT2D eigenvalue weighted by atomic mass is 9.93. The minimum absolute atomic E-state index is 0.0516. The zero-order valence-corrected chi connectivity index (χ0v) is 21.0. The van der Waals surface area contributed by atoms with Crippen molar-refractivity contribution in [2.75, 3.05) is 0 Å². The minimum atomic E-state index is -0.803. The van der Waals surface area contributed by atoms with E-state index in [0.717, 1.165) is 27.7 Å². The third kappa shape index (κ3) is 3.77. The van der Waals surface area contributed by atoms with Crippen LogP contribution in [0.5, 0.6) is 0 Å². The summed E-state index contributed by atoms with van der Waals surface area (Å²) in [7, 11) is 0. The van der Waals surface area contributed by atoms with Gasteiger partial charge in [0.05, 0.1) is 35.0 Å². The molecule has 0 radical (unpaired) electrons. The Labute approximate surface area is 216 Å². The van der Waals surface area contributed by atoms with E-state index in [9.17, 15) is 14.7 Å². The summed E-state index contributed by atoms with van der Waals surface area (Å²) >= 11 is 1.26. The van der Waals surface area contributed by atoms with Crippen molar-refractivity contribution in [3.8, 4) is 10.6 Å². The first-order valence-electron chi connectivity index (χ1n) is 11.8. The smallest absolute Gasteiger partial charge is 0.290 e. The summed E-state index contributed by atoms with van der Waals surface area (Å²) in [6.07, 6.45) is 1.53. The van der Waals surface area contributed by atoms with Gasteiger partial charge >= 0.3 is 0 Å². The molecule has 0 saturated heterocycles. The van der Waals surface area contributed by atoms with Crippen LogP contribution >= 0.6 is 11.3 Å². The van der Waals surface area contributed by atoms with Crippen LogP contribution in [0.15, 0.2) is 88.7 Å². The molecule has 37 heavy (non-hydrogen) atoms. The maximum atomic E-state index is 14.1. The number of aliphatic hydroxyl groups is 1. The molecule has 8 heteroatoms. The van der Waals surface area contributed by atoms with Gasteiger partial charge in [-0.2, -0.15) is 0 Å². The van der Waals surface area contributed by atoms with E-state index in [1.165, 1.54) is 22.5 Å². The first-order valence-corrected chi connectivity index (χ1v) is 12.7. The molecule has 5 aromatic rings. The minimum Gasteiger partial charge on any atom is -0.503 e. The highest BCUT2D eigenvalue weighted by Crippen LogP contribution is 2.45. The number of para-hydroxylation sites is 1. The number of furan rings is 1. The predicted octanol–water partition coefficient (Wildman–Crippen LogP) is 6.28. The van der Waals surface area contributed by atoms with Crippen LogP contribution in [-0.2, 0) is 11.3 Å². The number of Topliss-reactive ketones (excluding diaryl/α,β-unsaturated/α-hetero) is 1. The lowest BCUT2D eigenvalue weighted by molar-refractivity contribution is -0.130. The number of carbonyl (C=O) groups is 2. The lowest BCUT2D eigenvalue weighted by Gasteiger charge is -2.26. The molecule has 2 aromatic carbocycles. The average Bonchev–Trinajstić information content (AvgIpc) is 3.67.